The monoisotopic (exact) mass is 241 g/mol. The molecule has 2 saturated heterocycles. The average molecular weight is 241 g/mol. The van der Waals surface area contributed by atoms with E-state index in [2.05, 4.69) is 10.6 Å². The molecule has 2 heterocycles. The van der Waals surface area contributed by atoms with Crippen molar-refractivity contribution in [2.24, 2.45) is 0 Å². The molecule has 2 aliphatic heterocycles. The second kappa shape index (κ2) is 5.97. The van der Waals surface area contributed by atoms with Crippen molar-refractivity contribution < 1.29 is 14.3 Å². The van der Waals surface area contributed by atoms with Crippen LogP contribution in [0.2, 0.25) is 0 Å². The van der Waals surface area contributed by atoms with Gasteiger partial charge in [-0.2, -0.15) is 0 Å². The zero-order valence-corrected chi connectivity index (χ0v) is 9.91. The molecule has 0 aromatic rings. The molecule has 2 fully saturated rings. The fraction of sp³-hybridized carbons (Fsp3) is 0.818. The fourth-order valence-corrected chi connectivity index (χ4v) is 2.10. The molecule has 96 valence electrons. The summed E-state index contributed by atoms with van der Waals surface area (Å²) in [5, 5.41) is 5.93. The Morgan fingerprint density at radius 3 is 2.47 bits per heavy atom. The largest absolute Gasteiger partial charge is 0.381 e. The predicted octanol–water partition coefficient (Wildman–Crippen LogP) is -1.29. The first-order valence-electron chi connectivity index (χ1n) is 6.15. The zero-order valence-electron chi connectivity index (χ0n) is 9.91. The van der Waals surface area contributed by atoms with Gasteiger partial charge < -0.3 is 20.3 Å². The number of hydrogen-bond acceptors (Lipinski definition) is 4. The number of piperazine rings is 1. The van der Waals surface area contributed by atoms with Crippen molar-refractivity contribution in [2.75, 3.05) is 39.4 Å². The van der Waals surface area contributed by atoms with Crippen molar-refractivity contribution in [1.29, 1.82) is 0 Å². The molecule has 0 bridgehead atoms. The summed E-state index contributed by atoms with van der Waals surface area (Å²) in [6.45, 7) is 4.06. The van der Waals surface area contributed by atoms with Gasteiger partial charge in [-0.05, 0) is 12.8 Å². The standard InChI is InChI=1S/C11H19N3O3/c15-10(13-9-1-7-17-8-2-9)11(16)14-5-3-12-4-6-14/h9,12H,1-8H2,(H,13,15). The molecular weight excluding hydrogens is 222 g/mol. The van der Waals surface area contributed by atoms with Crippen LogP contribution in [0.25, 0.3) is 0 Å². The van der Waals surface area contributed by atoms with Crippen molar-refractivity contribution in [3.8, 4) is 0 Å². The predicted molar refractivity (Wildman–Crippen MR) is 61.4 cm³/mol. The minimum Gasteiger partial charge on any atom is -0.381 e. The summed E-state index contributed by atoms with van der Waals surface area (Å²) in [5.41, 5.74) is 0. The fourth-order valence-electron chi connectivity index (χ4n) is 2.10. The van der Waals surface area contributed by atoms with Gasteiger partial charge in [0.05, 0.1) is 0 Å². The third-order valence-electron chi connectivity index (χ3n) is 3.15. The Kier molecular flexibility index (Phi) is 4.33. The van der Waals surface area contributed by atoms with Crippen LogP contribution in [0, 0.1) is 0 Å². The Hall–Kier alpha value is -1.14. The molecule has 0 aromatic heterocycles. The molecule has 6 heteroatoms. The maximum absolute atomic E-state index is 11.8. The van der Waals surface area contributed by atoms with E-state index in [-0.39, 0.29) is 6.04 Å². The van der Waals surface area contributed by atoms with Crippen LogP contribution in [0.15, 0.2) is 0 Å². The van der Waals surface area contributed by atoms with Crippen LogP contribution in [-0.4, -0.2) is 62.1 Å². The van der Waals surface area contributed by atoms with Gasteiger partial charge in [-0.25, -0.2) is 0 Å². The molecule has 6 nitrogen and oxygen atoms in total. The van der Waals surface area contributed by atoms with Gasteiger partial charge in [-0.1, -0.05) is 0 Å². The van der Waals surface area contributed by atoms with E-state index in [9.17, 15) is 9.59 Å². The highest BCUT2D eigenvalue weighted by Gasteiger charge is 2.25. The Morgan fingerprint density at radius 2 is 1.82 bits per heavy atom. The van der Waals surface area contributed by atoms with Gasteiger partial charge in [0, 0.05) is 45.4 Å². The van der Waals surface area contributed by atoms with Crippen LogP contribution >= 0.6 is 0 Å². The lowest BCUT2D eigenvalue weighted by Gasteiger charge is -2.28. The van der Waals surface area contributed by atoms with Gasteiger partial charge in [0.2, 0.25) is 0 Å². The third-order valence-corrected chi connectivity index (χ3v) is 3.15. The van der Waals surface area contributed by atoms with E-state index in [1.165, 1.54) is 0 Å². The van der Waals surface area contributed by atoms with Gasteiger partial charge in [-0.15, -0.1) is 0 Å². The first-order chi connectivity index (χ1) is 8.27. The van der Waals surface area contributed by atoms with Crippen LogP contribution in [-0.2, 0) is 14.3 Å². The maximum atomic E-state index is 11.8. The third kappa shape index (κ3) is 3.41. The molecule has 2 N–H and O–H groups in total. The van der Waals surface area contributed by atoms with E-state index in [4.69, 9.17) is 4.74 Å². The number of ether oxygens (including phenoxy) is 1. The minimum atomic E-state index is -0.473. The second-order valence-electron chi connectivity index (χ2n) is 4.40. The quantitative estimate of drug-likeness (QED) is 0.561. The molecule has 2 amide bonds. The van der Waals surface area contributed by atoms with Crippen LogP contribution < -0.4 is 10.6 Å². The molecule has 0 aliphatic carbocycles. The highest BCUT2D eigenvalue weighted by atomic mass is 16.5. The summed E-state index contributed by atoms with van der Waals surface area (Å²) in [6, 6.07) is 0.0862. The lowest BCUT2D eigenvalue weighted by Crippen LogP contribution is -2.53. The van der Waals surface area contributed by atoms with E-state index in [1.807, 2.05) is 0 Å². The molecule has 0 spiro atoms. The van der Waals surface area contributed by atoms with Crippen molar-refractivity contribution in [3.05, 3.63) is 0 Å². The molecule has 2 aliphatic rings. The van der Waals surface area contributed by atoms with Gasteiger partial charge in [0.15, 0.2) is 0 Å². The lowest BCUT2D eigenvalue weighted by atomic mass is 10.1. The first kappa shape index (κ1) is 12.3. The number of amides is 2. The van der Waals surface area contributed by atoms with Gasteiger partial charge in [0.25, 0.3) is 0 Å². The van der Waals surface area contributed by atoms with Crippen LogP contribution in [0.4, 0.5) is 0 Å². The summed E-state index contributed by atoms with van der Waals surface area (Å²) in [6.07, 6.45) is 1.58. The highest BCUT2D eigenvalue weighted by Crippen LogP contribution is 2.06. The van der Waals surface area contributed by atoms with Gasteiger partial charge >= 0.3 is 11.8 Å². The molecule has 0 unspecified atom stereocenters. The molecular formula is C11H19N3O3. The number of nitrogens with one attached hydrogen (secondary N) is 2. The molecule has 17 heavy (non-hydrogen) atoms. The van der Waals surface area contributed by atoms with E-state index in [0.29, 0.717) is 26.3 Å². The van der Waals surface area contributed by atoms with Crippen molar-refractivity contribution in [2.45, 2.75) is 18.9 Å². The Balaban J connectivity index is 1.79. The first-order valence-corrected chi connectivity index (χ1v) is 6.15. The highest BCUT2D eigenvalue weighted by molar-refractivity contribution is 6.35. The topological polar surface area (TPSA) is 70.7 Å². The molecule has 0 atom stereocenters. The molecule has 2 rings (SSSR count). The Bertz CT molecular complexity index is 284. The number of rotatable bonds is 1. The van der Waals surface area contributed by atoms with E-state index >= 15 is 0 Å². The number of hydrogen-bond donors (Lipinski definition) is 2. The summed E-state index contributed by atoms with van der Waals surface area (Å²) >= 11 is 0. The normalized spacial score (nSPS) is 22.2. The van der Waals surface area contributed by atoms with Crippen molar-refractivity contribution in [1.82, 2.24) is 15.5 Å². The SMILES string of the molecule is O=C(NC1CCOCC1)C(=O)N1CCNCC1. The minimum absolute atomic E-state index is 0.0862. The number of carbonyl (C=O) groups is 2. The Morgan fingerprint density at radius 1 is 1.18 bits per heavy atom. The average Bonchev–Trinajstić information content (AvgIpc) is 2.40. The molecule has 0 saturated carbocycles. The van der Waals surface area contributed by atoms with Crippen molar-refractivity contribution in [3.63, 3.8) is 0 Å². The summed E-state index contributed by atoms with van der Waals surface area (Å²) in [4.78, 5) is 25.2. The van der Waals surface area contributed by atoms with Crippen LogP contribution in [0.1, 0.15) is 12.8 Å². The van der Waals surface area contributed by atoms with Crippen LogP contribution in [0.3, 0.4) is 0 Å². The van der Waals surface area contributed by atoms with Gasteiger partial charge in [-0.3, -0.25) is 9.59 Å². The number of nitrogens with zero attached hydrogens (tertiary/aromatic N) is 1. The molecule has 0 radical (unpaired) electrons. The maximum Gasteiger partial charge on any atom is 0.311 e. The smallest absolute Gasteiger partial charge is 0.311 e. The van der Waals surface area contributed by atoms with Crippen molar-refractivity contribution >= 4 is 11.8 Å². The lowest BCUT2D eigenvalue weighted by molar-refractivity contribution is -0.146. The van der Waals surface area contributed by atoms with Gasteiger partial charge in [0.1, 0.15) is 0 Å². The zero-order chi connectivity index (χ0) is 12.1. The summed E-state index contributed by atoms with van der Waals surface area (Å²) in [7, 11) is 0. The second-order valence-corrected chi connectivity index (χ2v) is 4.40. The van der Waals surface area contributed by atoms with Crippen LogP contribution in [0.5, 0.6) is 0 Å². The molecule has 0 aromatic carbocycles. The summed E-state index contributed by atoms with van der Waals surface area (Å²) in [5.74, 6) is -0.878. The van der Waals surface area contributed by atoms with E-state index in [1.54, 1.807) is 4.90 Å². The summed E-state index contributed by atoms with van der Waals surface area (Å²) < 4.78 is 5.20. The Labute approximate surface area is 101 Å². The number of carbonyl (C=O) groups excluding carboxylic acids is 2. The van der Waals surface area contributed by atoms with E-state index < -0.39 is 11.8 Å². The van der Waals surface area contributed by atoms with E-state index in [0.717, 1.165) is 25.9 Å².